The molecule has 0 radical (unpaired) electrons. The summed E-state index contributed by atoms with van der Waals surface area (Å²) in [4.78, 5) is 1.27. The van der Waals surface area contributed by atoms with Crippen molar-refractivity contribution in [2.24, 2.45) is 5.73 Å². The minimum absolute atomic E-state index is 0.268. The Morgan fingerprint density at radius 1 is 1.45 bits per heavy atom. The maximum atomic E-state index is 5.52. The van der Waals surface area contributed by atoms with Gasteiger partial charge in [-0.3, -0.25) is 0 Å². The summed E-state index contributed by atoms with van der Waals surface area (Å²) in [6, 6.07) is 2.20. The van der Waals surface area contributed by atoms with Crippen LogP contribution in [0, 0.1) is 0 Å². The Labute approximate surface area is 72.2 Å². The molecule has 0 aliphatic carbocycles. The van der Waals surface area contributed by atoms with Gasteiger partial charge in [-0.15, -0.1) is 11.3 Å². The molecule has 0 bridgehead atoms. The van der Waals surface area contributed by atoms with E-state index >= 15 is 0 Å². The zero-order valence-corrected chi connectivity index (χ0v) is 8.16. The van der Waals surface area contributed by atoms with E-state index in [0.29, 0.717) is 6.54 Å². The van der Waals surface area contributed by atoms with E-state index in [2.05, 4.69) is 32.2 Å². The third-order valence-corrected chi connectivity index (χ3v) is 2.68. The molecule has 0 aliphatic rings. The van der Waals surface area contributed by atoms with Crippen molar-refractivity contribution in [1.29, 1.82) is 0 Å². The summed E-state index contributed by atoms with van der Waals surface area (Å²) in [5.41, 5.74) is 7.18. The molecule has 0 aliphatic heterocycles. The first-order valence-electron chi connectivity index (χ1n) is 3.82. The highest BCUT2D eigenvalue weighted by Crippen LogP contribution is 2.26. The standard InChI is InChI=1S/C9H15NS/c1-9(2,3)7-4-8(5-10)11-6-7/h4,6H,5,10H2,1-3H3. The van der Waals surface area contributed by atoms with Gasteiger partial charge in [0, 0.05) is 11.4 Å². The summed E-state index contributed by atoms with van der Waals surface area (Å²) in [6.07, 6.45) is 0. The van der Waals surface area contributed by atoms with E-state index in [4.69, 9.17) is 5.73 Å². The molecule has 1 nitrogen and oxygen atoms in total. The van der Waals surface area contributed by atoms with Gasteiger partial charge in [0.25, 0.3) is 0 Å². The number of nitrogens with two attached hydrogens (primary N) is 1. The summed E-state index contributed by atoms with van der Waals surface area (Å²) in [5, 5.41) is 2.20. The van der Waals surface area contributed by atoms with Crippen molar-refractivity contribution in [3.8, 4) is 0 Å². The van der Waals surface area contributed by atoms with Crippen molar-refractivity contribution in [3.63, 3.8) is 0 Å². The van der Waals surface area contributed by atoms with Gasteiger partial charge in [-0.2, -0.15) is 0 Å². The van der Waals surface area contributed by atoms with E-state index in [0.717, 1.165) is 0 Å². The molecule has 0 fully saturated rings. The van der Waals surface area contributed by atoms with Crippen molar-refractivity contribution in [2.45, 2.75) is 32.7 Å². The van der Waals surface area contributed by atoms with Gasteiger partial charge < -0.3 is 5.73 Å². The van der Waals surface area contributed by atoms with Crippen LogP contribution in [0.4, 0.5) is 0 Å². The van der Waals surface area contributed by atoms with Gasteiger partial charge in [0.2, 0.25) is 0 Å². The van der Waals surface area contributed by atoms with Gasteiger partial charge in [-0.05, 0) is 22.4 Å². The molecular weight excluding hydrogens is 154 g/mol. The third-order valence-electron chi connectivity index (χ3n) is 1.72. The fourth-order valence-electron chi connectivity index (χ4n) is 0.881. The van der Waals surface area contributed by atoms with Gasteiger partial charge in [0.05, 0.1) is 0 Å². The van der Waals surface area contributed by atoms with Crippen molar-refractivity contribution >= 4 is 11.3 Å². The predicted molar refractivity (Wildman–Crippen MR) is 50.9 cm³/mol. The molecule has 11 heavy (non-hydrogen) atoms. The Bertz CT molecular complexity index is 232. The topological polar surface area (TPSA) is 26.0 Å². The van der Waals surface area contributed by atoms with Gasteiger partial charge in [0.15, 0.2) is 0 Å². The third kappa shape index (κ3) is 2.04. The summed E-state index contributed by atoms with van der Waals surface area (Å²) in [5.74, 6) is 0. The molecule has 0 saturated carbocycles. The maximum absolute atomic E-state index is 5.52. The first kappa shape index (κ1) is 8.75. The van der Waals surface area contributed by atoms with Crippen LogP contribution >= 0.6 is 11.3 Å². The molecular formula is C9H15NS. The molecule has 1 aromatic rings. The highest BCUT2D eigenvalue weighted by molar-refractivity contribution is 7.10. The average molecular weight is 169 g/mol. The minimum atomic E-state index is 0.268. The van der Waals surface area contributed by atoms with E-state index in [9.17, 15) is 0 Å². The zero-order chi connectivity index (χ0) is 8.48. The quantitative estimate of drug-likeness (QED) is 0.687. The molecule has 0 atom stereocenters. The van der Waals surface area contributed by atoms with Crippen LogP contribution in [0.15, 0.2) is 11.4 Å². The zero-order valence-electron chi connectivity index (χ0n) is 7.35. The van der Waals surface area contributed by atoms with Crippen LogP contribution < -0.4 is 5.73 Å². The summed E-state index contributed by atoms with van der Waals surface area (Å²) in [6.45, 7) is 7.32. The number of hydrogen-bond acceptors (Lipinski definition) is 2. The number of rotatable bonds is 1. The smallest absolute Gasteiger partial charge is 0.0273 e. The highest BCUT2D eigenvalue weighted by atomic mass is 32.1. The number of thiophene rings is 1. The van der Waals surface area contributed by atoms with Crippen LogP contribution in [0.2, 0.25) is 0 Å². The van der Waals surface area contributed by atoms with Gasteiger partial charge in [-0.1, -0.05) is 20.8 Å². The molecule has 1 aromatic heterocycles. The second kappa shape index (κ2) is 2.95. The fourth-order valence-corrected chi connectivity index (χ4v) is 1.87. The minimum Gasteiger partial charge on any atom is -0.326 e. The lowest BCUT2D eigenvalue weighted by Gasteiger charge is -2.15. The lowest BCUT2D eigenvalue weighted by atomic mass is 9.89. The lowest BCUT2D eigenvalue weighted by Crippen LogP contribution is -2.09. The van der Waals surface area contributed by atoms with Crippen molar-refractivity contribution in [1.82, 2.24) is 0 Å². The Morgan fingerprint density at radius 3 is 2.36 bits per heavy atom. The first-order chi connectivity index (χ1) is 5.04. The lowest BCUT2D eigenvalue weighted by molar-refractivity contribution is 0.592. The SMILES string of the molecule is CC(C)(C)c1csc(CN)c1. The van der Waals surface area contributed by atoms with Crippen LogP contribution in [-0.4, -0.2) is 0 Å². The van der Waals surface area contributed by atoms with Gasteiger partial charge in [0.1, 0.15) is 0 Å². The Kier molecular flexibility index (Phi) is 2.35. The molecule has 0 unspecified atom stereocenters. The largest absolute Gasteiger partial charge is 0.326 e. The molecule has 0 aromatic carbocycles. The normalized spacial score (nSPS) is 12.0. The monoisotopic (exact) mass is 169 g/mol. The van der Waals surface area contributed by atoms with Gasteiger partial charge in [-0.25, -0.2) is 0 Å². The summed E-state index contributed by atoms with van der Waals surface area (Å²) < 4.78 is 0. The van der Waals surface area contributed by atoms with Crippen LogP contribution in [0.25, 0.3) is 0 Å². The average Bonchev–Trinajstić information content (AvgIpc) is 2.32. The van der Waals surface area contributed by atoms with Gasteiger partial charge >= 0.3 is 0 Å². The highest BCUT2D eigenvalue weighted by Gasteiger charge is 2.14. The molecule has 1 rings (SSSR count). The van der Waals surface area contributed by atoms with Crippen molar-refractivity contribution in [2.75, 3.05) is 0 Å². The molecule has 1 heterocycles. The molecule has 2 N–H and O–H groups in total. The van der Waals surface area contributed by atoms with E-state index in [-0.39, 0.29) is 5.41 Å². The molecule has 0 spiro atoms. The van der Waals surface area contributed by atoms with Crippen LogP contribution in [0.1, 0.15) is 31.2 Å². The predicted octanol–water partition coefficient (Wildman–Crippen LogP) is 2.50. The van der Waals surface area contributed by atoms with Crippen LogP contribution in [-0.2, 0) is 12.0 Å². The van der Waals surface area contributed by atoms with E-state index in [1.807, 2.05) is 0 Å². The summed E-state index contributed by atoms with van der Waals surface area (Å²) in [7, 11) is 0. The van der Waals surface area contributed by atoms with E-state index in [1.165, 1.54) is 10.4 Å². The van der Waals surface area contributed by atoms with E-state index < -0.39 is 0 Å². The van der Waals surface area contributed by atoms with E-state index in [1.54, 1.807) is 11.3 Å². The van der Waals surface area contributed by atoms with Crippen LogP contribution in [0.3, 0.4) is 0 Å². The first-order valence-corrected chi connectivity index (χ1v) is 4.70. The Morgan fingerprint density at radius 2 is 2.09 bits per heavy atom. The Hall–Kier alpha value is -0.340. The molecule has 0 saturated heterocycles. The second-order valence-electron chi connectivity index (χ2n) is 3.76. The van der Waals surface area contributed by atoms with Crippen molar-refractivity contribution < 1.29 is 0 Å². The molecule has 62 valence electrons. The van der Waals surface area contributed by atoms with Crippen molar-refractivity contribution in [3.05, 3.63) is 21.9 Å². The fraction of sp³-hybridized carbons (Fsp3) is 0.556. The summed E-state index contributed by atoms with van der Waals surface area (Å²) >= 11 is 1.75. The Balaban J connectivity index is 2.89. The number of hydrogen-bond donors (Lipinski definition) is 1. The molecule has 2 heteroatoms. The second-order valence-corrected chi connectivity index (χ2v) is 4.75. The maximum Gasteiger partial charge on any atom is 0.0273 e. The van der Waals surface area contributed by atoms with Crippen LogP contribution in [0.5, 0.6) is 0 Å². The molecule has 0 amide bonds.